The van der Waals surface area contributed by atoms with Crippen LogP contribution in [0.25, 0.3) is 5.57 Å². The molecule has 4 rings (SSSR count). The van der Waals surface area contributed by atoms with E-state index >= 15 is 0 Å². The van der Waals surface area contributed by atoms with Crippen LogP contribution in [-0.4, -0.2) is 17.1 Å². The van der Waals surface area contributed by atoms with E-state index in [4.69, 9.17) is 4.74 Å². The van der Waals surface area contributed by atoms with E-state index in [2.05, 4.69) is 43.1 Å². The summed E-state index contributed by atoms with van der Waals surface area (Å²) in [5.74, 6) is 2.12. The van der Waals surface area contributed by atoms with Crippen LogP contribution in [0.4, 0.5) is 0 Å². The quantitative estimate of drug-likeness (QED) is 0.433. The van der Waals surface area contributed by atoms with Crippen molar-refractivity contribution >= 4 is 11.5 Å². The van der Waals surface area contributed by atoms with Gasteiger partial charge in [-0.25, -0.2) is 0 Å². The van der Waals surface area contributed by atoms with Crippen molar-refractivity contribution in [2.24, 2.45) is 23.2 Å². The number of nitrogens with zero attached hydrogens (tertiary/aromatic N) is 1. The van der Waals surface area contributed by atoms with E-state index in [0.29, 0.717) is 0 Å². The Labute approximate surface area is 175 Å². The Bertz CT molecular complexity index is 796. The van der Waals surface area contributed by atoms with Gasteiger partial charge in [-0.2, -0.15) is 0 Å². The molecule has 3 aliphatic rings. The molecule has 5 atom stereocenters. The molecule has 3 heteroatoms. The van der Waals surface area contributed by atoms with Crippen LogP contribution in [0.1, 0.15) is 77.7 Å². The van der Waals surface area contributed by atoms with Gasteiger partial charge in [0.1, 0.15) is 6.10 Å². The van der Waals surface area contributed by atoms with Crippen LogP contribution in [-0.2, 0) is 9.53 Å². The third-order valence-corrected chi connectivity index (χ3v) is 7.86. The maximum absolute atomic E-state index is 11.5. The minimum atomic E-state index is -0.147. The Morgan fingerprint density at radius 3 is 2.83 bits per heavy atom. The maximum atomic E-state index is 11.5. The number of ether oxygens (including phenoxy) is 1. The van der Waals surface area contributed by atoms with E-state index in [0.717, 1.165) is 37.0 Å². The molecule has 1 saturated carbocycles. The van der Waals surface area contributed by atoms with E-state index in [1.807, 2.05) is 12.4 Å². The zero-order valence-electron chi connectivity index (χ0n) is 18.2. The SMILES string of the molecule is CC(=O)OC1CCCC2CCC3(C)C(c4cccnc4)=CCC3C2CC=C(C)C1. The predicted molar refractivity (Wildman–Crippen MR) is 117 cm³/mol. The number of esters is 1. The molecule has 1 aromatic heterocycles. The number of pyridine rings is 1. The smallest absolute Gasteiger partial charge is 0.302 e. The second-order valence-corrected chi connectivity index (χ2v) is 9.73. The molecule has 5 unspecified atom stereocenters. The molecule has 0 aromatic carbocycles. The number of allylic oxidation sites excluding steroid dienone is 3. The van der Waals surface area contributed by atoms with Crippen molar-refractivity contribution in [2.75, 3.05) is 0 Å². The molecular weight excluding hydrogens is 358 g/mol. The third-order valence-electron chi connectivity index (χ3n) is 7.86. The standard InChI is InChI=1S/C26H35NO2/c1-18-9-10-23-20(6-4-8-22(16-18)29-19(2)28)13-14-26(3)24(11-12-25(23)26)21-7-5-15-27-17-21/h5,7,9,11,15,17,20,22-23,25H,4,6,8,10,12-14,16H2,1-3H3. The van der Waals surface area contributed by atoms with Crippen LogP contribution in [0.15, 0.2) is 42.3 Å². The Kier molecular flexibility index (Phi) is 5.94. The molecule has 0 radical (unpaired) electrons. The highest BCUT2D eigenvalue weighted by Crippen LogP contribution is 2.60. The average molecular weight is 394 g/mol. The molecule has 156 valence electrons. The second-order valence-electron chi connectivity index (χ2n) is 9.73. The number of aromatic nitrogens is 1. The summed E-state index contributed by atoms with van der Waals surface area (Å²) in [5, 5.41) is 0. The van der Waals surface area contributed by atoms with Crippen molar-refractivity contribution in [3.63, 3.8) is 0 Å². The van der Waals surface area contributed by atoms with Crippen LogP contribution in [0.3, 0.4) is 0 Å². The van der Waals surface area contributed by atoms with Crippen molar-refractivity contribution in [3.05, 3.63) is 47.8 Å². The lowest BCUT2D eigenvalue weighted by atomic mass is 9.56. The molecule has 0 saturated heterocycles. The van der Waals surface area contributed by atoms with Gasteiger partial charge in [0.05, 0.1) is 0 Å². The van der Waals surface area contributed by atoms with Gasteiger partial charge in [0.25, 0.3) is 0 Å². The lowest BCUT2D eigenvalue weighted by Crippen LogP contribution is -2.40. The average Bonchev–Trinajstić information content (AvgIpc) is 3.04. The molecular formula is C26H35NO2. The van der Waals surface area contributed by atoms with Crippen LogP contribution in [0.2, 0.25) is 0 Å². The molecule has 0 amide bonds. The van der Waals surface area contributed by atoms with Gasteiger partial charge in [0.15, 0.2) is 0 Å². The van der Waals surface area contributed by atoms with Crippen molar-refractivity contribution in [1.82, 2.24) is 4.98 Å². The topological polar surface area (TPSA) is 39.2 Å². The number of fused-ring (bicyclic) bond motifs is 3. The summed E-state index contributed by atoms with van der Waals surface area (Å²) in [6.07, 6.45) is 18.2. The van der Waals surface area contributed by atoms with Crippen molar-refractivity contribution < 1.29 is 9.53 Å². The van der Waals surface area contributed by atoms with Crippen molar-refractivity contribution in [1.29, 1.82) is 0 Å². The summed E-state index contributed by atoms with van der Waals surface area (Å²) in [5.41, 5.74) is 4.49. The first-order chi connectivity index (χ1) is 14.0. The van der Waals surface area contributed by atoms with Crippen LogP contribution >= 0.6 is 0 Å². The largest absolute Gasteiger partial charge is 0.462 e. The molecule has 3 aliphatic carbocycles. The minimum Gasteiger partial charge on any atom is -0.462 e. The van der Waals surface area contributed by atoms with Gasteiger partial charge in [-0.3, -0.25) is 9.78 Å². The Hall–Kier alpha value is -1.90. The predicted octanol–water partition coefficient (Wildman–Crippen LogP) is 6.36. The number of hydrogen-bond donors (Lipinski definition) is 0. The summed E-state index contributed by atoms with van der Waals surface area (Å²) in [6.45, 7) is 6.25. The van der Waals surface area contributed by atoms with Crippen LogP contribution in [0, 0.1) is 23.2 Å². The molecule has 0 spiro atoms. The fourth-order valence-electron chi connectivity index (χ4n) is 6.44. The number of hydrogen-bond acceptors (Lipinski definition) is 3. The first-order valence-electron chi connectivity index (χ1n) is 11.4. The monoisotopic (exact) mass is 393 g/mol. The molecule has 1 heterocycles. The second kappa shape index (κ2) is 8.45. The highest BCUT2D eigenvalue weighted by Gasteiger charge is 2.50. The minimum absolute atomic E-state index is 0.0551. The Morgan fingerprint density at radius 1 is 1.21 bits per heavy atom. The molecule has 0 aliphatic heterocycles. The van der Waals surface area contributed by atoms with E-state index in [9.17, 15) is 4.79 Å². The van der Waals surface area contributed by atoms with E-state index in [-0.39, 0.29) is 17.5 Å². The lowest BCUT2D eigenvalue weighted by Gasteiger charge is -2.48. The first kappa shape index (κ1) is 20.4. The van der Waals surface area contributed by atoms with Gasteiger partial charge in [0.2, 0.25) is 0 Å². The van der Waals surface area contributed by atoms with Gasteiger partial charge in [-0.05, 0) is 85.8 Å². The highest BCUT2D eigenvalue weighted by molar-refractivity contribution is 5.72. The Balaban J connectivity index is 1.55. The van der Waals surface area contributed by atoms with Crippen molar-refractivity contribution in [2.45, 2.75) is 78.2 Å². The van der Waals surface area contributed by atoms with Gasteiger partial charge in [0, 0.05) is 25.7 Å². The zero-order valence-corrected chi connectivity index (χ0v) is 18.2. The van der Waals surface area contributed by atoms with Gasteiger partial charge in [-0.1, -0.05) is 37.1 Å². The molecule has 0 N–H and O–H groups in total. The third kappa shape index (κ3) is 4.20. The first-order valence-corrected chi connectivity index (χ1v) is 11.4. The van der Waals surface area contributed by atoms with Crippen molar-refractivity contribution in [3.8, 4) is 0 Å². The molecule has 3 nitrogen and oxygen atoms in total. The molecule has 29 heavy (non-hydrogen) atoms. The highest BCUT2D eigenvalue weighted by atomic mass is 16.5. The van der Waals surface area contributed by atoms with Crippen LogP contribution in [0.5, 0.6) is 0 Å². The van der Waals surface area contributed by atoms with Crippen LogP contribution < -0.4 is 0 Å². The molecule has 1 fully saturated rings. The maximum Gasteiger partial charge on any atom is 0.302 e. The van der Waals surface area contributed by atoms with Gasteiger partial charge >= 0.3 is 5.97 Å². The number of rotatable bonds is 2. The molecule has 1 aromatic rings. The summed E-state index contributed by atoms with van der Waals surface area (Å²) >= 11 is 0. The Morgan fingerprint density at radius 2 is 2.07 bits per heavy atom. The lowest BCUT2D eigenvalue weighted by molar-refractivity contribution is -0.146. The van der Waals surface area contributed by atoms with E-state index in [1.165, 1.54) is 55.7 Å². The number of carbonyl (C=O) groups excluding carboxylic acids is 1. The van der Waals surface area contributed by atoms with Gasteiger partial charge < -0.3 is 4.74 Å². The van der Waals surface area contributed by atoms with Gasteiger partial charge in [-0.15, -0.1) is 0 Å². The zero-order chi connectivity index (χ0) is 20.4. The number of carbonyl (C=O) groups is 1. The summed E-state index contributed by atoms with van der Waals surface area (Å²) in [6, 6.07) is 4.29. The summed E-state index contributed by atoms with van der Waals surface area (Å²) < 4.78 is 5.58. The van der Waals surface area contributed by atoms with E-state index < -0.39 is 0 Å². The fourth-order valence-corrected chi connectivity index (χ4v) is 6.44. The normalized spacial score (nSPS) is 35.0. The van der Waals surface area contributed by atoms with E-state index in [1.54, 1.807) is 0 Å². The summed E-state index contributed by atoms with van der Waals surface area (Å²) in [7, 11) is 0. The summed E-state index contributed by atoms with van der Waals surface area (Å²) in [4.78, 5) is 15.8. The fraction of sp³-hybridized carbons (Fsp3) is 0.615. The molecule has 0 bridgehead atoms.